The van der Waals surface area contributed by atoms with Crippen LogP contribution in [0.25, 0.3) is 0 Å². The standard InChI is InChI=1S/C27H28N4O5/c32-23-9-8-22(25(33)29-23)31-26(34)20-6-3-4-16(24(20)27(31)35)13-30-14-17(12-18-15-36-11-10-28-18)19-5-1-2-7-21(19)30/h1-7,17-18,22,28H,8-15H2,(H,29,32,33). The Morgan fingerprint density at radius 1 is 1.00 bits per heavy atom. The fraction of sp³-hybridized carbons (Fsp3) is 0.407. The zero-order chi connectivity index (χ0) is 24.8. The van der Waals surface area contributed by atoms with Crippen LogP contribution in [0.3, 0.4) is 0 Å². The largest absolute Gasteiger partial charge is 0.379 e. The van der Waals surface area contributed by atoms with Gasteiger partial charge in [-0.05, 0) is 36.1 Å². The number of rotatable bonds is 5. The van der Waals surface area contributed by atoms with Gasteiger partial charge in [0.25, 0.3) is 11.8 Å². The molecule has 2 saturated heterocycles. The summed E-state index contributed by atoms with van der Waals surface area (Å²) >= 11 is 0. The Hall–Kier alpha value is -3.56. The Labute approximate surface area is 208 Å². The molecule has 4 amide bonds. The van der Waals surface area contributed by atoms with Gasteiger partial charge in [-0.2, -0.15) is 0 Å². The van der Waals surface area contributed by atoms with Gasteiger partial charge in [0.15, 0.2) is 0 Å². The lowest BCUT2D eigenvalue weighted by Crippen LogP contribution is -2.54. The minimum absolute atomic E-state index is 0.101. The summed E-state index contributed by atoms with van der Waals surface area (Å²) in [5, 5.41) is 5.79. The zero-order valence-corrected chi connectivity index (χ0v) is 19.9. The fourth-order valence-corrected chi connectivity index (χ4v) is 5.97. The van der Waals surface area contributed by atoms with Crippen molar-refractivity contribution < 1.29 is 23.9 Å². The predicted molar refractivity (Wildman–Crippen MR) is 131 cm³/mol. The fourth-order valence-electron chi connectivity index (χ4n) is 5.97. The van der Waals surface area contributed by atoms with Gasteiger partial charge < -0.3 is 15.0 Å². The lowest BCUT2D eigenvalue weighted by molar-refractivity contribution is -0.136. The van der Waals surface area contributed by atoms with Crippen LogP contribution in [0.1, 0.15) is 57.0 Å². The Kier molecular flexibility index (Phi) is 5.81. The highest BCUT2D eigenvalue weighted by Gasteiger charge is 2.45. The number of benzene rings is 2. The van der Waals surface area contributed by atoms with Crippen LogP contribution >= 0.6 is 0 Å². The number of ether oxygens (including phenoxy) is 1. The molecule has 4 aliphatic heterocycles. The normalized spacial score (nSPS) is 25.7. The van der Waals surface area contributed by atoms with Crippen molar-refractivity contribution in [2.45, 2.75) is 43.8 Å². The highest BCUT2D eigenvalue weighted by Crippen LogP contribution is 2.40. The molecule has 0 aromatic heterocycles. The molecule has 0 radical (unpaired) electrons. The van der Waals surface area contributed by atoms with Gasteiger partial charge in [0, 0.05) is 43.7 Å². The monoisotopic (exact) mass is 488 g/mol. The maximum Gasteiger partial charge on any atom is 0.262 e. The summed E-state index contributed by atoms with van der Waals surface area (Å²) in [6.07, 6.45) is 1.20. The zero-order valence-electron chi connectivity index (χ0n) is 19.9. The molecule has 4 aliphatic rings. The number of piperidine rings is 1. The molecule has 2 aromatic carbocycles. The van der Waals surface area contributed by atoms with Crippen LogP contribution in [-0.4, -0.2) is 66.9 Å². The van der Waals surface area contributed by atoms with Crippen LogP contribution in [0.2, 0.25) is 0 Å². The second kappa shape index (κ2) is 9.15. The number of amides is 4. The van der Waals surface area contributed by atoms with E-state index in [0.717, 1.165) is 42.3 Å². The minimum Gasteiger partial charge on any atom is -0.379 e. The number of morpholine rings is 1. The summed E-state index contributed by atoms with van der Waals surface area (Å²) in [5.41, 5.74) is 3.85. The van der Waals surface area contributed by atoms with Gasteiger partial charge >= 0.3 is 0 Å². The van der Waals surface area contributed by atoms with Gasteiger partial charge in [-0.3, -0.25) is 29.4 Å². The molecule has 2 fully saturated rings. The summed E-state index contributed by atoms with van der Waals surface area (Å²) in [4.78, 5) is 54.0. The Bertz CT molecular complexity index is 1250. The molecule has 2 aromatic rings. The third-order valence-corrected chi connectivity index (χ3v) is 7.64. The topological polar surface area (TPSA) is 108 Å². The number of nitrogens with zero attached hydrogens (tertiary/aromatic N) is 2. The Balaban J connectivity index is 1.26. The van der Waals surface area contributed by atoms with Crippen LogP contribution in [0.5, 0.6) is 0 Å². The van der Waals surface area contributed by atoms with Gasteiger partial charge in [-0.15, -0.1) is 0 Å². The lowest BCUT2D eigenvalue weighted by Gasteiger charge is -2.28. The quantitative estimate of drug-likeness (QED) is 0.615. The Morgan fingerprint density at radius 2 is 1.86 bits per heavy atom. The first kappa shape index (κ1) is 22.9. The van der Waals surface area contributed by atoms with Gasteiger partial charge in [0.2, 0.25) is 11.8 Å². The van der Waals surface area contributed by atoms with Gasteiger partial charge in [-0.25, -0.2) is 0 Å². The van der Waals surface area contributed by atoms with E-state index in [0.29, 0.717) is 36.2 Å². The number of carbonyl (C=O) groups is 4. The van der Waals surface area contributed by atoms with E-state index in [9.17, 15) is 19.2 Å². The van der Waals surface area contributed by atoms with E-state index in [4.69, 9.17) is 4.74 Å². The number of hydrogen-bond acceptors (Lipinski definition) is 7. The lowest BCUT2D eigenvalue weighted by atomic mass is 9.94. The second-order valence-corrected chi connectivity index (χ2v) is 9.88. The molecule has 3 unspecified atom stereocenters. The van der Waals surface area contributed by atoms with Gasteiger partial charge in [0.1, 0.15) is 6.04 Å². The number of hydrogen-bond donors (Lipinski definition) is 2. The van der Waals surface area contributed by atoms with E-state index < -0.39 is 23.8 Å². The van der Waals surface area contributed by atoms with Crippen molar-refractivity contribution in [2.24, 2.45) is 0 Å². The van der Waals surface area contributed by atoms with E-state index >= 15 is 0 Å². The minimum atomic E-state index is -0.968. The maximum absolute atomic E-state index is 13.5. The molecule has 2 N–H and O–H groups in total. The van der Waals surface area contributed by atoms with Crippen LogP contribution in [0.15, 0.2) is 42.5 Å². The van der Waals surface area contributed by atoms with Crippen molar-refractivity contribution in [3.8, 4) is 0 Å². The van der Waals surface area contributed by atoms with E-state index in [1.165, 1.54) is 5.56 Å². The van der Waals surface area contributed by atoms with Crippen molar-refractivity contribution in [3.63, 3.8) is 0 Å². The first-order valence-electron chi connectivity index (χ1n) is 12.5. The number of carbonyl (C=O) groups excluding carboxylic acids is 4. The summed E-state index contributed by atoms with van der Waals surface area (Å²) in [6.45, 7) is 3.59. The summed E-state index contributed by atoms with van der Waals surface area (Å²) in [5.74, 6) is -1.60. The summed E-state index contributed by atoms with van der Waals surface area (Å²) in [6, 6.07) is 13.0. The SMILES string of the molecule is O=C1CCC(N2C(=O)c3cccc(CN4CC(CC5COCCN5)c5ccccc54)c3C2=O)C(=O)N1. The molecule has 3 atom stereocenters. The molecule has 0 saturated carbocycles. The van der Waals surface area contributed by atoms with Crippen LogP contribution in [0.4, 0.5) is 5.69 Å². The predicted octanol–water partition coefficient (Wildman–Crippen LogP) is 1.57. The number of fused-ring (bicyclic) bond motifs is 2. The third-order valence-electron chi connectivity index (χ3n) is 7.64. The molecule has 0 bridgehead atoms. The molecule has 0 spiro atoms. The molecule has 0 aliphatic carbocycles. The van der Waals surface area contributed by atoms with Crippen LogP contribution in [0, 0.1) is 0 Å². The number of imide groups is 2. The van der Waals surface area contributed by atoms with Crippen molar-refractivity contribution in [1.29, 1.82) is 0 Å². The van der Waals surface area contributed by atoms with Crippen molar-refractivity contribution in [1.82, 2.24) is 15.5 Å². The average Bonchev–Trinajstić information content (AvgIpc) is 3.35. The second-order valence-electron chi connectivity index (χ2n) is 9.88. The van der Waals surface area contributed by atoms with Crippen molar-refractivity contribution >= 4 is 29.3 Å². The first-order valence-corrected chi connectivity index (χ1v) is 12.5. The van der Waals surface area contributed by atoms with Crippen LogP contribution in [-0.2, 0) is 20.9 Å². The van der Waals surface area contributed by atoms with E-state index in [-0.39, 0.29) is 18.7 Å². The van der Waals surface area contributed by atoms with E-state index in [1.807, 2.05) is 12.1 Å². The smallest absolute Gasteiger partial charge is 0.262 e. The molecular formula is C27H28N4O5. The van der Waals surface area contributed by atoms with E-state index in [2.05, 4.69) is 33.7 Å². The molecule has 9 nitrogen and oxygen atoms in total. The summed E-state index contributed by atoms with van der Waals surface area (Å²) in [7, 11) is 0. The van der Waals surface area contributed by atoms with Gasteiger partial charge in [-0.1, -0.05) is 30.3 Å². The summed E-state index contributed by atoms with van der Waals surface area (Å²) < 4.78 is 5.65. The van der Waals surface area contributed by atoms with Crippen LogP contribution < -0.4 is 15.5 Å². The number of nitrogens with one attached hydrogen (secondary N) is 2. The number of para-hydroxylation sites is 1. The highest BCUT2D eigenvalue weighted by molar-refractivity contribution is 6.24. The molecule has 9 heteroatoms. The number of anilines is 1. The van der Waals surface area contributed by atoms with Gasteiger partial charge in [0.05, 0.1) is 24.3 Å². The third kappa shape index (κ3) is 3.88. The molecule has 4 heterocycles. The van der Waals surface area contributed by atoms with E-state index in [1.54, 1.807) is 12.1 Å². The highest BCUT2D eigenvalue weighted by atomic mass is 16.5. The Morgan fingerprint density at radius 3 is 2.67 bits per heavy atom. The maximum atomic E-state index is 13.5. The molecule has 6 rings (SSSR count). The molecule has 36 heavy (non-hydrogen) atoms. The molecule has 186 valence electrons. The molecular weight excluding hydrogens is 460 g/mol. The van der Waals surface area contributed by atoms with Crippen molar-refractivity contribution in [3.05, 3.63) is 64.7 Å². The van der Waals surface area contributed by atoms with Crippen molar-refractivity contribution in [2.75, 3.05) is 31.2 Å². The average molecular weight is 489 g/mol. The first-order chi connectivity index (χ1) is 17.5.